The summed E-state index contributed by atoms with van der Waals surface area (Å²) in [4.78, 5) is 20.8. The first-order valence-electron chi connectivity index (χ1n) is 5.44. The van der Waals surface area contributed by atoms with Gasteiger partial charge in [0.05, 0.1) is 26.4 Å². The van der Waals surface area contributed by atoms with Gasteiger partial charge in [0.2, 0.25) is 0 Å². The summed E-state index contributed by atoms with van der Waals surface area (Å²) < 4.78 is 37.8. The predicted molar refractivity (Wildman–Crippen MR) is 67.5 cm³/mol. The van der Waals surface area contributed by atoms with E-state index >= 15 is 0 Å². The normalized spacial score (nSPS) is 11.3. The van der Waals surface area contributed by atoms with Crippen LogP contribution in [0.4, 0.5) is 0 Å². The van der Waals surface area contributed by atoms with E-state index < -0.39 is 15.6 Å². The molecule has 0 atom stereocenters. The van der Waals surface area contributed by atoms with Gasteiger partial charge >= 0.3 is 23.9 Å². The van der Waals surface area contributed by atoms with Gasteiger partial charge in [0.1, 0.15) is 0 Å². The van der Waals surface area contributed by atoms with E-state index in [4.69, 9.17) is 0 Å². The summed E-state index contributed by atoms with van der Waals surface area (Å²) in [6.45, 7) is 6.85. The molecule has 0 fully saturated rings. The number of rotatable bonds is 8. The quantitative estimate of drug-likeness (QED) is 0.412. The van der Waals surface area contributed by atoms with Crippen LogP contribution in [0.25, 0.3) is 0 Å². The smallest absolute Gasteiger partial charge is 0.756 e. The van der Waals surface area contributed by atoms with Crippen molar-refractivity contribution in [3.63, 3.8) is 0 Å². The van der Waals surface area contributed by atoms with E-state index in [9.17, 15) is 18.9 Å². The molecule has 0 saturated carbocycles. The molecule has 8 nitrogen and oxygen atoms in total. The number of hydrogen-bond acceptors (Lipinski definition) is 8. The number of phosphoric ester groups is 2. The van der Waals surface area contributed by atoms with Crippen LogP contribution < -0.4 is 9.79 Å². The average Bonchev–Trinajstić information content (AvgIpc) is 2.17. The van der Waals surface area contributed by atoms with Crippen molar-refractivity contribution in [3.05, 3.63) is 0 Å². The molecule has 0 amide bonds. The van der Waals surface area contributed by atoms with E-state index in [-0.39, 0.29) is 50.3 Å². The van der Waals surface area contributed by atoms with E-state index in [1.807, 2.05) is 0 Å². The topological polar surface area (TPSA) is 117 Å². The minimum Gasteiger partial charge on any atom is -0.756 e. The molecular formula is C8H20O8P2Sn. The van der Waals surface area contributed by atoms with Crippen LogP contribution in [0.5, 0.6) is 0 Å². The molecule has 19 heavy (non-hydrogen) atoms. The van der Waals surface area contributed by atoms with Crippen molar-refractivity contribution in [2.45, 2.75) is 27.7 Å². The Morgan fingerprint density at radius 3 is 0.947 bits per heavy atom. The average molecular weight is 425 g/mol. The zero-order chi connectivity index (χ0) is 14.7. The number of phosphoric acid groups is 2. The second-order valence-electron chi connectivity index (χ2n) is 2.57. The van der Waals surface area contributed by atoms with Crippen LogP contribution in [0.2, 0.25) is 0 Å². The maximum absolute atomic E-state index is 10.4. The third kappa shape index (κ3) is 19.0. The summed E-state index contributed by atoms with van der Waals surface area (Å²) >= 11 is 0. The van der Waals surface area contributed by atoms with Crippen molar-refractivity contribution in [2.75, 3.05) is 26.4 Å². The summed E-state index contributed by atoms with van der Waals surface area (Å²) in [6, 6.07) is 0. The number of hydrogen-bond donors (Lipinski definition) is 0. The monoisotopic (exact) mass is 426 g/mol. The van der Waals surface area contributed by atoms with Crippen LogP contribution in [0.15, 0.2) is 0 Å². The van der Waals surface area contributed by atoms with Crippen LogP contribution in [-0.2, 0) is 27.2 Å². The van der Waals surface area contributed by atoms with Gasteiger partial charge in [-0.1, -0.05) is 0 Å². The zero-order valence-electron chi connectivity index (χ0n) is 11.5. The van der Waals surface area contributed by atoms with Gasteiger partial charge in [-0.3, -0.25) is 9.13 Å². The van der Waals surface area contributed by atoms with Crippen LogP contribution in [0.1, 0.15) is 27.7 Å². The maximum Gasteiger partial charge on any atom is 2.00 e. The van der Waals surface area contributed by atoms with Crippen molar-refractivity contribution in [1.29, 1.82) is 0 Å². The molecule has 0 rings (SSSR count). The summed E-state index contributed by atoms with van der Waals surface area (Å²) in [7, 11) is -7.89. The molecule has 0 aromatic carbocycles. The van der Waals surface area contributed by atoms with Gasteiger partial charge in [0.25, 0.3) is 15.6 Å². The Morgan fingerprint density at radius 2 is 0.842 bits per heavy atom. The maximum atomic E-state index is 10.4. The fourth-order valence-electron chi connectivity index (χ4n) is 0.707. The third-order valence-corrected chi connectivity index (χ3v) is 3.45. The van der Waals surface area contributed by atoms with E-state index in [0.29, 0.717) is 0 Å². The molecule has 0 aliphatic carbocycles. The first-order chi connectivity index (χ1) is 8.24. The summed E-state index contributed by atoms with van der Waals surface area (Å²) in [6.07, 6.45) is 0. The molecule has 11 heteroatoms. The molecule has 0 unspecified atom stereocenters. The second-order valence-corrected chi connectivity index (χ2v) is 5.39. The van der Waals surface area contributed by atoms with Crippen molar-refractivity contribution >= 4 is 39.6 Å². The molecule has 0 spiro atoms. The molecule has 0 saturated heterocycles. The van der Waals surface area contributed by atoms with Crippen molar-refractivity contribution in [2.24, 2.45) is 0 Å². The van der Waals surface area contributed by atoms with Gasteiger partial charge < -0.3 is 27.9 Å². The van der Waals surface area contributed by atoms with Crippen LogP contribution in [-0.4, -0.2) is 50.3 Å². The van der Waals surface area contributed by atoms with Crippen LogP contribution >= 0.6 is 15.6 Å². The van der Waals surface area contributed by atoms with Gasteiger partial charge in [0.15, 0.2) is 0 Å². The fourth-order valence-corrected chi connectivity index (χ4v) is 2.12. The van der Waals surface area contributed by atoms with Gasteiger partial charge in [-0.15, -0.1) is 0 Å². The summed E-state index contributed by atoms with van der Waals surface area (Å²) in [5.41, 5.74) is 0. The van der Waals surface area contributed by atoms with Crippen LogP contribution in [0.3, 0.4) is 0 Å². The molecule has 2 radical (unpaired) electrons. The Labute approximate surface area is 131 Å². The Kier molecular flexibility index (Phi) is 18.4. The van der Waals surface area contributed by atoms with Gasteiger partial charge in [-0.25, -0.2) is 0 Å². The van der Waals surface area contributed by atoms with E-state index in [1.54, 1.807) is 27.7 Å². The van der Waals surface area contributed by atoms with E-state index in [2.05, 4.69) is 18.1 Å². The SMILES string of the molecule is CCOP(=O)([O-])OCC.CCOP(=O)([O-])OCC.[Sn+2]. The molecular weight excluding hydrogens is 405 g/mol. The molecule has 0 aliphatic heterocycles. The zero-order valence-corrected chi connectivity index (χ0v) is 16.1. The molecule has 0 bridgehead atoms. The Morgan fingerprint density at radius 1 is 0.684 bits per heavy atom. The Bertz CT molecular complexity index is 240. The molecule has 0 aromatic heterocycles. The molecule has 0 aromatic rings. The molecule has 0 N–H and O–H groups in total. The fraction of sp³-hybridized carbons (Fsp3) is 1.00. The standard InChI is InChI=1S/2C4H11O4P.Sn/c2*1-3-7-9(5,6)8-4-2;/h2*3-4H2,1-2H3,(H,5,6);/q;;+2/p-2. The minimum absolute atomic E-state index is 0. The second kappa shape index (κ2) is 14.0. The first-order valence-corrected chi connectivity index (χ1v) is 8.36. The van der Waals surface area contributed by atoms with Gasteiger partial charge in [-0.2, -0.15) is 0 Å². The van der Waals surface area contributed by atoms with E-state index in [0.717, 1.165) is 0 Å². The predicted octanol–water partition coefficient (Wildman–Crippen LogP) is 0.675. The summed E-state index contributed by atoms with van der Waals surface area (Å²) in [5, 5.41) is 0. The van der Waals surface area contributed by atoms with Crippen LogP contribution in [0, 0.1) is 0 Å². The van der Waals surface area contributed by atoms with Crippen molar-refractivity contribution in [3.8, 4) is 0 Å². The van der Waals surface area contributed by atoms with Gasteiger partial charge in [0, 0.05) is 0 Å². The molecule has 0 heterocycles. The Hall–Kier alpha value is 1.02. The molecule has 0 aliphatic rings. The van der Waals surface area contributed by atoms with Crippen molar-refractivity contribution < 1.29 is 37.0 Å². The third-order valence-electron chi connectivity index (χ3n) is 1.15. The van der Waals surface area contributed by atoms with Crippen molar-refractivity contribution in [1.82, 2.24) is 0 Å². The van der Waals surface area contributed by atoms with E-state index in [1.165, 1.54) is 0 Å². The Balaban J connectivity index is -0.000000256. The molecule has 114 valence electrons. The largest absolute Gasteiger partial charge is 2.00 e. The minimum atomic E-state index is -3.94. The first kappa shape index (κ1) is 25.0. The van der Waals surface area contributed by atoms with Gasteiger partial charge in [-0.05, 0) is 27.7 Å². The summed E-state index contributed by atoms with van der Waals surface area (Å²) in [5.74, 6) is 0.